The third-order valence-corrected chi connectivity index (χ3v) is 3.65. The molecule has 0 bridgehead atoms. The van der Waals surface area contributed by atoms with E-state index >= 15 is 0 Å². The Morgan fingerprint density at radius 2 is 1.57 bits per heavy atom. The largest absolute Gasteiger partial charge is 0.438 e. The van der Waals surface area contributed by atoms with Crippen LogP contribution in [0.2, 0.25) is 0 Å². The van der Waals surface area contributed by atoms with E-state index in [-0.39, 0.29) is 0 Å². The van der Waals surface area contributed by atoms with Crippen LogP contribution in [0, 0.1) is 0 Å². The summed E-state index contributed by atoms with van der Waals surface area (Å²) in [6, 6.07) is 23.9. The summed E-state index contributed by atoms with van der Waals surface area (Å²) in [5.74, 6) is 1.37. The summed E-state index contributed by atoms with van der Waals surface area (Å²) in [6.45, 7) is 0. The second-order valence-corrected chi connectivity index (χ2v) is 5.18. The molecule has 0 unspecified atom stereocenters. The molecule has 0 aliphatic carbocycles. The van der Waals surface area contributed by atoms with E-state index in [0.29, 0.717) is 5.88 Å². The molecule has 0 atom stereocenters. The van der Waals surface area contributed by atoms with Crippen LogP contribution in [0.15, 0.2) is 85.2 Å². The van der Waals surface area contributed by atoms with Crippen molar-refractivity contribution in [2.75, 3.05) is 0 Å². The molecule has 0 aliphatic rings. The minimum Gasteiger partial charge on any atom is -0.438 e. The number of benzene rings is 2. The maximum atomic E-state index is 6.04. The first-order valence-corrected chi connectivity index (χ1v) is 7.43. The van der Waals surface area contributed by atoms with Crippen molar-refractivity contribution < 1.29 is 4.74 Å². The Hall–Kier alpha value is -3.20. The first-order valence-electron chi connectivity index (χ1n) is 7.43. The van der Waals surface area contributed by atoms with Crippen molar-refractivity contribution in [1.29, 1.82) is 0 Å². The van der Waals surface area contributed by atoms with Gasteiger partial charge in [0.2, 0.25) is 5.88 Å². The molecule has 4 rings (SSSR count). The minimum absolute atomic E-state index is 0.576. The molecule has 0 N–H and O–H groups in total. The van der Waals surface area contributed by atoms with Crippen LogP contribution in [0.3, 0.4) is 0 Å². The van der Waals surface area contributed by atoms with Crippen molar-refractivity contribution in [2.24, 2.45) is 0 Å². The predicted octanol–water partition coefficient (Wildman–Crippen LogP) is 5.09. The van der Waals surface area contributed by atoms with E-state index in [1.165, 1.54) is 0 Å². The number of pyridine rings is 2. The Morgan fingerprint density at radius 3 is 2.48 bits per heavy atom. The number of rotatable bonds is 3. The molecule has 0 saturated carbocycles. The maximum Gasteiger partial charge on any atom is 0.219 e. The quantitative estimate of drug-likeness (QED) is 0.528. The normalized spacial score (nSPS) is 10.6. The van der Waals surface area contributed by atoms with E-state index in [2.05, 4.69) is 28.2 Å². The van der Waals surface area contributed by atoms with Crippen molar-refractivity contribution in [3.05, 3.63) is 85.2 Å². The summed E-state index contributed by atoms with van der Waals surface area (Å²) in [7, 11) is 0. The van der Waals surface area contributed by atoms with E-state index < -0.39 is 0 Å². The van der Waals surface area contributed by atoms with Gasteiger partial charge in [0.25, 0.3) is 0 Å². The van der Waals surface area contributed by atoms with Gasteiger partial charge in [0.1, 0.15) is 5.75 Å². The molecule has 0 fully saturated rings. The van der Waals surface area contributed by atoms with Gasteiger partial charge < -0.3 is 4.74 Å². The van der Waals surface area contributed by atoms with E-state index in [4.69, 9.17) is 4.74 Å². The average molecular weight is 298 g/mol. The summed E-state index contributed by atoms with van der Waals surface area (Å²) in [5.41, 5.74) is 3.03. The van der Waals surface area contributed by atoms with Gasteiger partial charge in [-0.2, -0.15) is 0 Å². The molecular weight excluding hydrogens is 284 g/mol. The Morgan fingerprint density at radius 1 is 0.739 bits per heavy atom. The number of ether oxygens (including phenoxy) is 1. The molecule has 2 aromatic carbocycles. The van der Waals surface area contributed by atoms with E-state index in [0.717, 1.165) is 27.8 Å². The van der Waals surface area contributed by atoms with Gasteiger partial charge in [-0.05, 0) is 23.8 Å². The van der Waals surface area contributed by atoms with Gasteiger partial charge in [-0.25, -0.2) is 4.98 Å². The fraction of sp³-hybridized carbons (Fsp3) is 0. The van der Waals surface area contributed by atoms with E-state index in [1.54, 1.807) is 12.4 Å². The van der Waals surface area contributed by atoms with Crippen LogP contribution in [0.4, 0.5) is 0 Å². The van der Waals surface area contributed by atoms with Crippen LogP contribution < -0.4 is 4.74 Å². The van der Waals surface area contributed by atoms with E-state index in [9.17, 15) is 0 Å². The third-order valence-electron chi connectivity index (χ3n) is 3.65. The van der Waals surface area contributed by atoms with Crippen molar-refractivity contribution in [3.63, 3.8) is 0 Å². The molecule has 0 radical (unpaired) electrons. The van der Waals surface area contributed by atoms with Crippen LogP contribution >= 0.6 is 0 Å². The van der Waals surface area contributed by atoms with Crippen LogP contribution in [-0.2, 0) is 0 Å². The molecule has 2 heterocycles. The molecule has 4 aromatic rings. The number of hydrogen-bond acceptors (Lipinski definition) is 3. The predicted molar refractivity (Wildman–Crippen MR) is 91.5 cm³/mol. The summed E-state index contributed by atoms with van der Waals surface area (Å²) in [4.78, 5) is 8.64. The smallest absolute Gasteiger partial charge is 0.219 e. The zero-order chi connectivity index (χ0) is 15.5. The van der Waals surface area contributed by atoms with Crippen molar-refractivity contribution in [3.8, 4) is 22.8 Å². The SMILES string of the molecule is c1ccc(-c2ccccc2Oc2ccc3cnccc3n2)cc1. The second kappa shape index (κ2) is 5.89. The van der Waals surface area contributed by atoms with Crippen LogP contribution in [0.1, 0.15) is 0 Å². The van der Waals surface area contributed by atoms with Gasteiger partial charge in [-0.1, -0.05) is 48.5 Å². The lowest BCUT2D eigenvalue weighted by atomic mass is 10.1. The molecule has 0 saturated heterocycles. The molecule has 0 aliphatic heterocycles. The fourth-order valence-electron chi connectivity index (χ4n) is 2.53. The highest BCUT2D eigenvalue weighted by Crippen LogP contribution is 2.32. The summed E-state index contributed by atoms with van der Waals surface area (Å²) in [5, 5.41) is 0.996. The lowest BCUT2D eigenvalue weighted by Crippen LogP contribution is -1.91. The zero-order valence-corrected chi connectivity index (χ0v) is 12.4. The summed E-state index contributed by atoms with van der Waals surface area (Å²) >= 11 is 0. The highest BCUT2D eigenvalue weighted by molar-refractivity contribution is 5.78. The molecule has 0 amide bonds. The molecule has 23 heavy (non-hydrogen) atoms. The molecule has 3 nitrogen and oxygen atoms in total. The van der Waals surface area contributed by atoms with Crippen molar-refractivity contribution in [2.45, 2.75) is 0 Å². The highest BCUT2D eigenvalue weighted by Gasteiger charge is 2.07. The number of fused-ring (bicyclic) bond motifs is 1. The third kappa shape index (κ3) is 2.77. The first kappa shape index (κ1) is 13.5. The minimum atomic E-state index is 0.576. The van der Waals surface area contributed by atoms with Gasteiger partial charge in [0.15, 0.2) is 0 Å². The average Bonchev–Trinajstić information content (AvgIpc) is 2.63. The Labute approximate surface area is 134 Å². The van der Waals surface area contributed by atoms with Gasteiger partial charge >= 0.3 is 0 Å². The molecular formula is C20H14N2O. The van der Waals surface area contributed by atoms with Gasteiger partial charge in [-0.3, -0.25) is 4.98 Å². The Bertz CT molecular complexity index is 952. The highest BCUT2D eigenvalue weighted by atomic mass is 16.5. The fourth-order valence-corrected chi connectivity index (χ4v) is 2.53. The summed E-state index contributed by atoms with van der Waals surface area (Å²) < 4.78 is 6.04. The number of nitrogens with zero attached hydrogens (tertiary/aromatic N) is 2. The monoisotopic (exact) mass is 298 g/mol. The number of para-hydroxylation sites is 1. The standard InChI is InChI=1S/C20H14N2O/c1-2-6-15(7-3-1)17-8-4-5-9-19(17)23-20-11-10-16-14-21-13-12-18(16)22-20/h1-14H. The van der Waals surface area contributed by atoms with Crippen LogP contribution in [0.25, 0.3) is 22.0 Å². The Balaban J connectivity index is 1.73. The molecule has 110 valence electrons. The van der Waals surface area contributed by atoms with Crippen molar-refractivity contribution in [1.82, 2.24) is 9.97 Å². The lowest BCUT2D eigenvalue weighted by Gasteiger charge is -2.11. The maximum absolute atomic E-state index is 6.04. The van der Waals surface area contributed by atoms with Gasteiger partial charge in [0, 0.05) is 29.4 Å². The number of aromatic nitrogens is 2. The molecule has 0 spiro atoms. The van der Waals surface area contributed by atoms with Gasteiger partial charge in [-0.15, -0.1) is 0 Å². The topological polar surface area (TPSA) is 35.0 Å². The second-order valence-electron chi connectivity index (χ2n) is 5.18. The number of hydrogen-bond donors (Lipinski definition) is 0. The first-order chi connectivity index (χ1) is 11.4. The van der Waals surface area contributed by atoms with Crippen LogP contribution in [-0.4, -0.2) is 9.97 Å². The zero-order valence-electron chi connectivity index (χ0n) is 12.4. The molecule has 2 aromatic heterocycles. The van der Waals surface area contributed by atoms with E-state index in [1.807, 2.05) is 54.6 Å². The lowest BCUT2D eigenvalue weighted by molar-refractivity contribution is 0.467. The molecule has 3 heteroatoms. The van der Waals surface area contributed by atoms with Crippen molar-refractivity contribution >= 4 is 10.9 Å². The van der Waals surface area contributed by atoms with Gasteiger partial charge in [0.05, 0.1) is 5.52 Å². The Kier molecular flexibility index (Phi) is 3.45. The summed E-state index contributed by atoms with van der Waals surface area (Å²) in [6.07, 6.45) is 3.53. The van der Waals surface area contributed by atoms with Crippen LogP contribution in [0.5, 0.6) is 11.6 Å².